The van der Waals surface area contributed by atoms with E-state index in [9.17, 15) is 14.0 Å². The Kier molecular flexibility index (Phi) is 8.80. The van der Waals surface area contributed by atoms with Crippen LogP contribution >= 0.6 is 23.1 Å². The molecule has 3 aromatic carbocycles. The molecule has 3 heterocycles. The third-order valence-corrected chi connectivity index (χ3v) is 8.84. The van der Waals surface area contributed by atoms with Crippen LogP contribution in [0.1, 0.15) is 39.1 Å². The van der Waals surface area contributed by atoms with E-state index >= 15 is 0 Å². The first-order valence-electron chi connectivity index (χ1n) is 13.7. The summed E-state index contributed by atoms with van der Waals surface area (Å²) in [6.07, 6.45) is 0.596. The molecule has 0 saturated carbocycles. The molecule has 0 bridgehead atoms. The minimum Gasteiger partial charge on any atom is -0.497 e. The Balaban J connectivity index is 1.22. The van der Waals surface area contributed by atoms with Crippen molar-refractivity contribution in [1.29, 1.82) is 0 Å². The van der Waals surface area contributed by atoms with Crippen LogP contribution in [0.3, 0.4) is 0 Å². The minimum absolute atomic E-state index is 0.0475. The van der Waals surface area contributed by atoms with Gasteiger partial charge in [-0.1, -0.05) is 54.2 Å². The van der Waals surface area contributed by atoms with Gasteiger partial charge in [0.25, 0.3) is 11.8 Å². The van der Waals surface area contributed by atoms with Crippen molar-refractivity contribution in [1.82, 2.24) is 25.1 Å². The highest BCUT2D eigenvalue weighted by molar-refractivity contribution is 7.99. The summed E-state index contributed by atoms with van der Waals surface area (Å²) < 4.78 is 20.8. The number of thiophene rings is 1. The van der Waals surface area contributed by atoms with Crippen molar-refractivity contribution < 1.29 is 18.7 Å². The molecule has 44 heavy (non-hydrogen) atoms. The predicted octanol–water partition coefficient (Wildman–Crippen LogP) is 5.88. The number of nitrogens with one attached hydrogen (secondary N) is 1. The molecule has 0 aliphatic carbocycles. The summed E-state index contributed by atoms with van der Waals surface area (Å²) in [5.74, 6) is 0.163. The van der Waals surface area contributed by atoms with Crippen LogP contribution in [-0.2, 0) is 11.3 Å². The van der Waals surface area contributed by atoms with Crippen LogP contribution in [-0.4, -0.2) is 50.2 Å². The lowest BCUT2D eigenvalue weighted by Gasteiger charge is -2.22. The molecule has 1 aliphatic rings. The first-order valence-corrected chi connectivity index (χ1v) is 15.6. The Morgan fingerprint density at radius 2 is 1.84 bits per heavy atom. The number of halogens is 1. The Morgan fingerprint density at radius 1 is 1.02 bits per heavy atom. The highest BCUT2D eigenvalue weighted by Gasteiger charge is 2.33. The molecule has 1 N–H and O–H groups in total. The van der Waals surface area contributed by atoms with Crippen LogP contribution in [0.4, 0.5) is 4.39 Å². The van der Waals surface area contributed by atoms with E-state index < -0.39 is 11.7 Å². The summed E-state index contributed by atoms with van der Waals surface area (Å²) in [5, 5.41) is 20.3. The Morgan fingerprint density at radius 3 is 2.57 bits per heavy atom. The number of hydrogen-bond acceptors (Lipinski definition) is 8. The zero-order valence-electron chi connectivity index (χ0n) is 23.6. The van der Waals surface area contributed by atoms with E-state index in [2.05, 4.69) is 15.5 Å². The number of benzene rings is 3. The summed E-state index contributed by atoms with van der Waals surface area (Å²) in [4.78, 5) is 27.4. The average Bonchev–Trinajstić information content (AvgIpc) is 3.83. The molecule has 12 heteroatoms. The van der Waals surface area contributed by atoms with Crippen molar-refractivity contribution >= 4 is 40.6 Å². The van der Waals surface area contributed by atoms with Gasteiger partial charge >= 0.3 is 0 Å². The molecule has 0 unspecified atom stereocenters. The van der Waals surface area contributed by atoms with Crippen LogP contribution in [0.25, 0.3) is 5.69 Å². The van der Waals surface area contributed by atoms with E-state index in [-0.39, 0.29) is 29.8 Å². The summed E-state index contributed by atoms with van der Waals surface area (Å²) in [7, 11) is 1.62. The Bertz CT molecular complexity index is 1790. The zero-order chi connectivity index (χ0) is 30.5. The van der Waals surface area contributed by atoms with Crippen LogP contribution in [0.5, 0.6) is 5.75 Å². The van der Waals surface area contributed by atoms with Gasteiger partial charge in [-0.25, -0.2) is 9.40 Å². The van der Waals surface area contributed by atoms with Gasteiger partial charge in [-0.3, -0.25) is 14.2 Å². The number of aromatic nitrogens is 3. The maximum Gasteiger partial charge on any atom is 0.253 e. The molecule has 0 saturated heterocycles. The molecule has 0 spiro atoms. The fraction of sp³-hybridized carbons (Fsp3) is 0.156. The average molecular weight is 627 g/mol. The number of carbonyl (C=O) groups excluding carboxylic acids is 2. The van der Waals surface area contributed by atoms with Gasteiger partial charge in [-0.15, -0.1) is 21.5 Å². The van der Waals surface area contributed by atoms with Gasteiger partial charge in [-0.05, 0) is 59.5 Å². The van der Waals surface area contributed by atoms with E-state index in [4.69, 9.17) is 9.84 Å². The molecule has 1 aliphatic heterocycles. The van der Waals surface area contributed by atoms with Gasteiger partial charge < -0.3 is 10.1 Å². The maximum absolute atomic E-state index is 13.7. The monoisotopic (exact) mass is 626 g/mol. The van der Waals surface area contributed by atoms with Crippen LogP contribution in [0, 0.1) is 5.82 Å². The fourth-order valence-corrected chi connectivity index (χ4v) is 6.39. The summed E-state index contributed by atoms with van der Waals surface area (Å²) in [6.45, 7) is 0.0475. The number of carbonyl (C=O) groups is 2. The first kappa shape index (κ1) is 29.3. The molecule has 0 radical (unpaired) electrons. The lowest BCUT2D eigenvalue weighted by Crippen LogP contribution is -2.28. The molecule has 2 aromatic heterocycles. The van der Waals surface area contributed by atoms with Crippen molar-refractivity contribution in [2.24, 2.45) is 5.10 Å². The van der Waals surface area contributed by atoms with E-state index in [1.165, 1.54) is 36.0 Å². The second kappa shape index (κ2) is 13.2. The van der Waals surface area contributed by atoms with Gasteiger partial charge in [-0.2, -0.15) is 5.10 Å². The van der Waals surface area contributed by atoms with Crippen LogP contribution in [0.2, 0.25) is 0 Å². The second-order valence-electron chi connectivity index (χ2n) is 9.81. The molecule has 9 nitrogen and oxygen atoms in total. The number of hydrazone groups is 1. The van der Waals surface area contributed by atoms with Crippen LogP contribution < -0.4 is 10.1 Å². The van der Waals surface area contributed by atoms with Crippen molar-refractivity contribution in [3.63, 3.8) is 0 Å². The van der Waals surface area contributed by atoms with Gasteiger partial charge in [0.05, 0.1) is 36.0 Å². The lowest BCUT2D eigenvalue weighted by molar-refractivity contribution is -0.130. The number of amides is 2. The van der Waals surface area contributed by atoms with Gasteiger partial charge in [0.15, 0.2) is 11.0 Å². The number of nitrogens with zero attached hydrogens (tertiary/aromatic N) is 5. The third-order valence-electron chi connectivity index (χ3n) is 7.01. The largest absolute Gasteiger partial charge is 0.497 e. The third kappa shape index (κ3) is 6.41. The Labute approximate surface area is 261 Å². The molecule has 0 fully saturated rings. The predicted molar refractivity (Wildman–Crippen MR) is 168 cm³/mol. The van der Waals surface area contributed by atoms with E-state index in [1.54, 1.807) is 28.0 Å². The van der Waals surface area contributed by atoms with Gasteiger partial charge in [0.1, 0.15) is 11.6 Å². The van der Waals surface area contributed by atoms with Crippen LogP contribution in [0.15, 0.2) is 107 Å². The Hall–Kier alpha value is -4.81. The lowest BCUT2D eigenvalue weighted by atomic mass is 10.0. The quantitative estimate of drug-likeness (QED) is 0.195. The van der Waals surface area contributed by atoms with E-state index in [0.717, 1.165) is 27.6 Å². The number of hydrogen-bond donors (Lipinski definition) is 1. The SMILES string of the molecule is COc1ccc([C@@H]2CC(c3cccs3)=NN2C(=O)CSc2nnc(CNC(=O)c3cccc(F)c3)n2-c2ccccc2)cc1. The van der Waals surface area contributed by atoms with Crippen molar-refractivity contribution in [3.05, 3.63) is 124 Å². The zero-order valence-corrected chi connectivity index (χ0v) is 25.2. The highest BCUT2D eigenvalue weighted by Crippen LogP contribution is 2.35. The molecular weight excluding hydrogens is 600 g/mol. The molecular formula is C32H27FN6O3S2. The van der Waals surface area contributed by atoms with Crippen molar-refractivity contribution in [2.75, 3.05) is 12.9 Å². The molecule has 2 amide bonds. The second-order valence-corrected chi connectivity index (χ2v) is 11.7. The van der Waals surface area contributed by atoms with Crippen molar-refractivity contribution in [3.8, 4) is 11.4 Å². The summed E-state index contributed by atoms with van der Waals surface area (Å²) >= 11 is 2.83. The number of para-hydroxylation sites is 1. The highest BCUT2D eigenvalue weighted by atomic mass is 32.2. The van der Waals surface area contributed by atoms with Gasteiger partial charge in [0, 0.05) is 17.7 Å². The van der Waals surface area contributed by atoms with E-state index in [1.807, 2.05) is 72.1 Å². The number of ether oxygens (including phenoxy) is 1. The minimum atomic E-state index is -0.493. The smallest absolute Gasteiger partial charge is 0.253 e. The molecule has 222 valence electrons. The standard InChI is InChI=1S/C32H27FN6O3S2/c1-42-25-14-12-21(13-15-25)27-18-26(28-11-6-16-43-28)37-39(27)30(40)20-44-32-36-35-29(38(32)24-9-3-2-4-10-24)19-34-31(41)22-7-5-8-23(33)17-22/h2-17,27H,18-20H2,1H3,(H,34,41)/t27-/m0/s1. The topological polar surface area (TPSA) is 102 Å². The molecule has 6 rings (SSSR count). The first-order chi connectivity index (χ1) is 21.5. The summed E-state index contributed by atoms with van der Waals surface area (Å²) in [6, 6.07) is 26.3. The number of thioether (sulfide) groups is 1. The molecule has 1 atom stereocenters. The number of methoxy groups -OCH3 is 1. The number of rotatable bonds is 10. The molecule has 5 aromatic rings. The maximum atomic E-state index is 13.7. The van der Waals surface area contributed by atoms with Gasteiger partial charge in [0.2, 0.25) is 0 Å². The summed E-state index contributed by atoms with van der Waals surface area (Å²) in [5.41, 5.74) is 2.80. The normalized spacial score (nSPS) is 14.4. The van der Waals surface area contributed by atoms with E-state index in [0.29, 0.717) is 17.4 Å². The fourth-order valence-electron chi connectivity index (χ4n) is 4.85. The van der Waals surface area contributed by atoms with Crippen molar-refractivity contribution in [2.45, 2.75) is 24.2 Å².